The fourth-order valence-electron chi connectivity index (χ4n) is 1.92. The molecule has 0 saturated carbocycles. The highest BCUT2D eigenvalue weighted by Gasteiger charge is 2.13. The minimum atomic E-state index is 0.117. The van der Waals surface area contributed by atoms with Gasteiger partial charge in [0.25, 0.3) is 5.56 Å². The van der Waals surface area contributed by atoms with Crippen molar-refractivity contribution in [2.24, 2.45) is 0 Å². The third-order valence-electron chi connectivity index (χ3n) is 2.93. The minimum Gasteiger partial charge on any atom is -0.296 e. The van der Waals surface area contributed by atoms with Gasteiger partial charge in [0.2, 0.25) is 0 Å². The van der Waals surface area contributed by atoms with Crippen molar-refractivity contribution in [3.05, 3.63) is 26.6 Å². The Morgan fingerprint density at radius 1 is 1.31 bits per heavy atom. The predicted molar refractivity (Wildman–Crippen MR) is 68.4 cm³/mol. The number of thiophene rings is 1. The normalized spacial score (nSPS) is 11.2. The summed E-state index contributed by atoms with van der Waals surface area (Å²) in [6, 6.07) is 0. The fourth-order valence-corrected chi connectivity index (χ4v) is 2.98. The van der Waals surface area contributed by atoms with Crippen molar-refractivity contribution in [2.75, 3.05) is 0 Å². The molecule has 0 N–H and O–H groups in total. The van der Waals surface area contributed by atoms with Crippen LogP contribution < -0.4 is 5.56 Å². The average Bonchev–Trinajstić information content (AvgIpc) is 2.49. The van der Waals surface area contributed by atoms with Gasteiger partial charge in [-0.05, 0) is 32.8 Å². The molecule has 0 amide bonds. The first-order valence-corrected chi connectivity index (χ1v) is 6.35. The molecule has 0 aliphatic rings. The Bertz CT molecular complexity index is 595. The van der Waals surface area contributed by atoms with E-state index in [1.54, 1.807) is 15.9 Å². The van der Waals surface area contributed by atoms with Crippen molar-refractivity contribution in [1.29, 1.82) is 0 Å². The van der Waals surface area contributed by atoms with Gasteiger partial charge in [-0.15, -0.1) is 11.3 Å². The maximum atomic E-state index is 12.3. The molecule has 0 atom stereocenters. The van der Waals surface area contributed by atoms with Crippen LogP contribution in [0.15, 0.2) is 4.79 Å². The third-order valence-corrected chi connectivity index (χ3v) is 4.03. The van der Waals surface area contributed by atoms with E-state index < -0.39 is 0 Å². The van der Waals surface area contributed by atoms with E-state index in [0.717, 1.165) is 34.6 Å². The number of hydrogen-bond donors (Lipinski definition) is 0. The summed E-state index contributed by atoms with van der Waals surface area (Å²) < 4.78 is 1.78. The standard InChI is InChI=1S/C12H16N2OS/c1-5-6-14-9(4)13-11-10(12(14)15)7(2)8(3)16-11/h5-6H2,1-4H3. The molecule has 2 heterocycles. The molecule has 4 heteroatoms. The Kier molecular flexibility index (Phi) is 2.84. The number of aromatic nitrogens is 2. The van der Waals surface area contributed by atoms with Gasteiger partial charge in [-0.2, -0.15) is 0 Å². The van der Waals surface area contributed by atoms with E-state index in [0.29, 0.717) is 0 Å². The summed E-state index contributed by atoms with van der Waals surface area (Å²) in [4.78, 5) is 18.9. The van der Waals surface area contributed by atoms with E-state index in [1.165, 1.54) is 4.88 Å². The summed E-state index contributed by atoms with van der Waals surface area (Å²) in [5.41, 5.74) is 1.20. The molecule has 0 radical (unpaired) electrons. The summed E-state index contributed by atoms with van der Waals surface area (Å²) in [7, 11) is 0. The summed E-state index contributed by atoms with van der Waals surface area (Å²) in [5, 5.41) is 0.807. The lowest BCUT2D eigenvalue weighted by Gasteiger charge is -2.07. The summed E-state index contributed by atoms with van der Waals surface area (Å²) >= 11 is 1.61. The molecule has 0 unspecified atom stereocenters. The molecular formula is C12H16N2OS. The van der Waals surface area contributed by atoms with Crippen LogP contribution in [-0.4, -0.2) is 9.55 Å². The van der Waals surface area contributed by atoms with Crippen LogP contribution in [0.3, 0.4) is 0 Å². The van der Waals surface area contributed by atoms with Gasteiger partial charge in [-0.1, -0.05) is 6.92 Å². The molecule has 0 spiro atoms. The van der Waals surface area contributed by atoms with Crippen LogP contribution in [0.2, 0.25) is 0 Å². The molecule has 0 aromatic carbocycles. The Labute approximate surface area is 98.8 Å². The van der Waals surface area contributed by atoms with Gasteiger partial charge in [0.05, 0.1) is 5.39 Å². The molecule has 0 aliphatic heterocycles. The molecule has 2 rings (SSSR count). The molecule has 2 aromatic heterocycles. The van der Waals surface area contributed by atoms with Crippen molar-refractivity contribution in [1.82, 2.24) is 9.55 Å². The molecule has 0 aliphatic carbocycles. The molecule has 3 nitrogen and oxygen atoms in total. The van der Waals surface area contributed by atoms with Crippen molar-refractivity contribution < 1.29 is 0 Å². The van der Waals surface area contributed by atoms with Crippen molar-refractivity contribution >= 4 is 21.6 Å². The van der Waals surface area contributed by atoms with E-state index in [2.05, 4.69) is 11.9 Å². The van der Waals surface area contributed by atoms with E-state index in [-0.39, 0.29) is 5.56 Å². The van der Waals surface area contributed by atoms with Gasteiger partial charge in [0, 0.05) is 11.4 Å². The largest absolute Gasteiger partial charge is 0.296 e. The zero-order chi connectivity index (χ0) is 11.9. The van der Waals surface area contributed by atoms with Gasteiger partial charge in [0.15, 0.2) is 0 Å². The van der Waals surface area contributed by atoms with E-state index >= 15 is 0 Å². The van der Waals surface area contributed by atoms with Gasteiger partial charge >= 0.3 is 0 Å². The second kappa shape index (κ2) is 4.01. The van der Waals surface area contributed by atoms with Crippen molar-refractivity contribution in [2.45, 2.75) is 40.7 Å². The van der Waals surface area contributed by atoms with Crippen LogP contribution in [0.5, 0.6) is 0 Å². The van der Waals surface area contributed by atoms with E-state index in [4.69, 9.17) is 0 Å². The molecule has 86 valence electrons. The quantitative estimate of drug-likeness (QED) is 0.803. The SMILES string of the molecule is CCCn1c(C)nc2sc(C)c(C)c2c1=O. The first-order chi connectivity index (χ1) is 7.56. The van der Waals surface area contributed by atoms with Crippen LogP contribution in [0.25, 0.3) is 10.2 Å². The second-order valence-corrected chi connectivity index (χ2v) is 5.28. The highest BCUT2D eigenvalue weighted by atomic mass is 32.1. The fraction of sp³-hybridized carbons (Fsp3) is 0.500. The molecule has 2 aromatic rings. The minimum absolute atomic E-state index is 0.117. The van der Waals surface area contributed by atoms with Crippen molar-refractivity contribution in [3.8, 4) is 0 Å². The summed E-state index contributed by atoms with van der Waals surface area (Å²) in [5.74, 6) is 0.820. The Morgan fingerprint density at radius 2 is 2.00 bits per heavy atom. The van der Waals surface area contributed by atoms with Crippen LogP contribution in [0, 0.1) is 20.8 Å². The molecule has 0 fully saturated rings. The number of rotatable bonds is 2. The predicted octanol–water partition coefficient (Wildman–Crippen LogP) is 2.79. The summed E-state index contributed by atoms with van der Waals surface area (Å²) in [6.07, 6.45) is 0.954. The van der Waals surface area contributed by atoms with E-state index in [1.807, 2.05) is 20.8 Å². The van der Waals surface area contributed by atoms with Gasteiger partial charge in [-0.3, -0.25) is 9.36 Å². The van der Waals surface area contributed by atoms with Gasteiger partial charge < -0.3 is 0 Å². The number of aryl methyl sites for hydroxylation is 3. The molecule has 16 heavy (non-hydrogen) atoms. The number of fused-ring (bicyclic) bond motifs is 1. The van der Waals surface area contributed by atoms with E-state index in [9.17, 15) is 4.79 Å². The Balaban J connectivity index is 2.85. The lowest BCUT2D eigenvalue weighted by atomic mass is 10.2. The lowest BCUT2D eigenvalue weighted by Crippen LogP contribution is -2.23. The monoisotopic (exact) mass is 236 g/mol. The van der Waals surface area contributed by atoms with Crippen LogP contribution >= 0.6 is 11.3 Å². The zero-order valence-electron chi connectivity index (χ0n) is 10.1. The molecular weight excluding hydrogens is 220 g/mol. The Morgan fingerprint density at radius 3 is 2.62 bits per heavy atom. The van der Waals surface area contributed by atoms with Crippen LogP contribution in [0.4, 0.5) is 0 Å². The van der Waals surface area contributed by atoms with Crippen LogP contribution in [0.1, 0.15) is 29.6 Å². The second-order valence-electron chi connectivity index (χ2n) is 4.08. The van der Waals surface area contributed by atoms with Gasteiger partial charge in [0.1, 0.15) is 10.7 Å². The zero-order valence-corrected chi connectivity index (χ0v) is 10.9. The lowest BCUT2D eigenvalue weighted by molar-refractivity contribution is 0.626. The Hall–Kier alpha value is -1.16. The highest BCUT2D eigenvalue weighted by Crippen LogP contribution is 2.26. The first-order valence-electron chi connectivity index (χ1n) is 5.53. The first kappa shape index (κ1) is 11.3. The topological polar surface area (TPSA) is 34.9 Å². The maximum Gasteiger partial charge on any atom is 0.262 e. The van der Waals surface area contributed by atoms with Crippen LogP contribution in [-0.2, 0) is 6.54 Å². The van der Waals surface area contributed by atoms with Gasteiger partial charge in [-0.25, -0.2) is 4.98 Å². The van der Waals surface area contributed by atoms with Crippen molar-refractivity contribution in [3.63, 3.8) is 0 Å². The smallest absolute Gasteiger partial charge is 0.262 e. The number of nitrogens with zero attached hydrogens (tertiary/aromatic N) is 2. The average molecular weight is 236 g/mol. The highest BCUT2D eigenvalue weighted by molar-refractivity contribution is 7.18. The summed E-state index contributed by atoms with van der Waals surface area (Å²) in [6.45, 7) is 8.77. The molecule has 0 saturated heterocycles. The number of hydrogen-bond acceptors (Lipinski definition) is 3. The maximum absolute atomic E-state index is 12.3. The molecule has 0 bridgehead atoms. The third kappa shape index (κ3) is 1.57.